The van der Waals surface area contributed by atoms with Gasteiger partial charge in [-0.25, -0.2) is 0 Å². The molecule has 0 aliphatic carbocycles. The van der Waals surface area contributed by atoms with E-state index in [1.54, 1.807) is 30.4 Å². The van der Waals surface area contributed by atoms with Crippen LogP contribution in [0.3, 0.4) is 0 Å². The second-order valence-corrected chi connectivity index (χ2v) is 4.72. The van der Waals surface area contributed by atoms with Gasteiger partial charge in [-0.1, -0.05) is 23.5 Å². The minimum Gasteiger partial charge on any atom is -0.300 e. The summed E-state index contributed by atoms with van der Waals surface area (Å²) in [6.45, 7) is 2.58. The van der Waals surface area contributed by atoms with Crippen molar-refractivity contribution in [2.45, 2.75) is 13.3 Å². The van der Waals surface area contributed by atoms with Crippen LogP contribution in [0, 0.1) is 0 Å². The van der Waals surface area contributed by atoms with Gasteiger partial charge in [0.1, 0.15) is 10.2 Å². The van der Waals surface area contributed by atoms with Crippen molar-refractivity contribution in [2.24, 2.45) is 4.99 Å². The smallest absolute Gasteiger partial charge is 0.130 e. The number of hydrogen-bond donors (Lipinski definition) is 0. The predicted octanol–water partition coefficient (Wildman–Crippen LogP) is 1.80. The van der Waals surface area contributed by atoms with Crippen LogP contribution >= 0.6 is 23.5 Å². The summed E-state index contributed by atoms with van der Waals surface area (Å²) in [6, 6.07) is 0. The number of carbonyl (C=O) groups excluding carboxylic acids is 1. The van der Waals surface area contributed by atoms with E-state index in [4.69, 9.17) is 0 Å². The van der Waals surface area contributed by atoms with Crippen LogP contribution in [0.15, 0.2) is 4.99 Å². The molecule has 1 heterocycles. The first-order valence-corrected chi connectivity index (χ1v) is 5.55. The summed E-state index contributed by atoms with van der Waals surface area (Å²) in [7, 11) is 0. The molecule has 62 valence electrons. The normalized spacial score (nSPS) is 16.6. The largest absolute Gasteiger partial charge is 0.300 e. The first-order chi connectivity index (χ1) is 5.29. The van der Waals surface area contributed by atoms with Crippen LogP contribution in [0.1, 0.15) is 13.3 Å². The Morgan fingerprint density at radius 2 is 2.64 bits per heavy atom. The monoisotopic (exact) mass is 189 g/mol. The van der Waals surface area contributed by atoms with Gasteiger partial charge in [0.15, 0.2) is 0 Å². The fourth-order valence-electron chi connectivity index (χ4n) is 0.685. The number of thioether (sulfide) groups is 2. The molecule has 0 saturated heterocycles. The van der Waals surface area contributed by atoms with Crippen molar-refractivity contribution in [3.8, 4) is 0 Å². The Kier molecular flexibility index (Phi) is 4.01. The number of Topliss-reactive ketones (excluding diaryl/α,β-unsaturated/α-hetero) is 1. The van der Waals surface area contributed by atoms with Crippen LogP contribution in [0.4, 0.5) is 0 Å². The summed E-state index contributed by atoms with van der Waals surface area (Å²) < 4.78 is 1.16. The fourth-order valence-corrected chi connectivity index (χ4v) is 2.80. The standard InChI is InChI=1S/C7H11NOS2/c1-6(9)2-4-10-7-8-3-5-11-7/h2-5H2,1H3. The molecule has 1 aliphatic rings. The summed E-state index contributed by atoms with van der Waals surface area (Å²) in [6.07, 6.45) is 0.671. The van der Waals surface area contributed by atoms with Crippen molar-refractivity contribution in [1.29, 1.82) is 0 Å². The maximum atomic E-state index is 10.6. The number of rotatable bonds is 3. The van der Waals surface area contributed by atoms with Gasteiger partial charge in [0, 0.05) is 17.9 Å². The molecular formula is C7H11NOS2. The zero-order valence-corrected chi connectivity index (χ0v) is 8.13. The number of aliphatic imine (C=N–C) groups is 1. The molecule has 0 bridgehead atoms. The summed E-state index contributed by atoms with van der Waals surface area (Å²) >= 11 is 3.50. The van der Waals surface area contributed by atoms with Crippen LogP contribution in [-0.2, 0) is 4.79 Å². The van der Waals surface area contributed by atoms with Crippen molar-refractivity contribution in [2.75, 3.05) is 18.1 Å². The van der Waals surface area contributed by atoms with Gasteiger partial charge in [-0.3, -0.25) is 9.79 Å². The van der Waals surface area contributed by atoms with Crippen LogP contribution in [-0.4, -0.2) is 28.2 Å². The zero-order chi connectivity index (χ0) is 8.10. The first kappa shape index (κ1) is 9.13. The SMILES string of the molecule is CC(=O)CCSC1=NCCS1. The van der Waals surface area contributed by atoms with Gasteiger partial charge in [0.25, 0.3) is 0 Å². The fraction of sp³-hybridized carbons (Fsp3) is 0.714. The average Bonchev–Trinajstić information content (AvgIpc) is 2.39. The molecule has 1 rings (SSSR count). The number of carbonyl (C=O) groups is 1. The molecule has 4 heteroatoms. The lowest BCUT2D eigenvalue weighted by Crippen LogP contribution is -1.93. The van der Waals surface area contributed by atoms with Crippen LogP contribution in [0.25, 0.3) is 0 Å². The summed E-state index contributed by atoms with van der Waals surface area (Å²) in [5.74, 6) is 2.27. The van der Waals surface area contributed by atoms with E-state index in [1.807, 2.05) is 0 Å². The molecule has 0 aromatic heterocycles. The molecule has 0 atom stereocenters. The Morgan fingerprint density at radius 3 is 3.18 bits per heavy atom. The highest BCUT2D eigenvalue weighted by molar-refractivity contribution is 8.39. The van der Waals surface area contributed by atoms with E-state index in [1.165, 1.54) is 0 Å². The van der Waals surface area contributed by atoms with Crippen LogP contribution in [0.5, 0.6) is 0 Å². The molecule has 0 unspecified atom stereocenters. The van der Waals surface area contributed by atoms with E-state index in [2.05, 4.69) is 4.99 Å². The minimum atomic E-state index is 0.265. The molecule has 2 nitrogen and oxygen atoms in total. The Hall–Kier alpha value is 0.0400. The van der Waals surface area contributed by atoms with E-state index in [0.29, 0.717) is 6.42 Å². The maximum Gasteiger partial charge on any atom is 0.130 e. The first-order valence-electron chi connectivity index (χ1n) is 3.58. The van der Waals surface area contributed by atoms with Crippen molar-refractivity contribution in [3.05, 3.63) is 0 Å². The van der Waals surface area contributed by atoms with Gasteiger partial charge in [0.2, 0.25) is 0 Å². The second kappa shape index (κ2) is 4.83. The molecule has 0 spiro atoms. The van der Waals surface area contributed by atoms with Crippen molar-refractivity contribution < 1.29 is 4.79 Å². The van der Waals surface area contributed by atoms with Gasteiger partial charge < -0.3 is 0 Å². The van der Waals surface area contributed by atoms with Gasteiger partial charge in [-0.05, 0) is 6.92 Å². The Morgan fingerprint density at radius 1 is 1.82 bits per heavy atom. The maximum absolute atomic E-state index is 10.6. The van der Waals surface area contributed by atoms with E-state index >= 15 is 0 Å². The lowest BCUT2D eigenvalue weighted by molar-refractivity contribution is -0.116. The summed E-state index contributed by atoms with van der Waals surface area (Å²) in [5.41, 5.74) is 0. The zero-order valence-electron chi connectivity index (χ0n) is 6.50. The van der Waals surface area contributed by atoms with Gasteiger partial charge in [-0.15, -0.1) is 0 Å². The summed E-state index contributed by atoms with van der Waals surface area (Å²) in [5, 5.41) is 0. The van der Waals surface area contributed by atoms with E-state index in [0.717, 1.165) is 22.4 Å². The van der Waals surface area contributed by atoms with Gasteiger partial charge in [0.05, 0.1) is 6.54 Å². The third-order valence-electron chi connectivity index (χ3n) is 1.24. The quantitative estimate of drug-likeness (QED) is 0.678. The molecule has 11 heavy (non-hydrogen) atoms. The lowest BCUT2D eigenvalue weighted by atomic mass is 10.4. The lowest BCUT2D eigenvalue weighted by Gasteiger charge is -1.95. The molecular weight excluding hydrogens is 178 g/mol. The number of nitrogens with zero attached hydrogens (tertiary/aromatic N) is 1. The summed E-state index contributed by atoms with van der Waals surface area (Å²) in [4.78, 5) is 14.8. The highest BCUT2D eigenvalue weighted by Crippen LogP contribution is 2.22. The predicted molar refractivity (Wildman–Crippen MR) is 52.5 cm³/mol. The Labute approximate surface area is 75.2 Å². The molecule has 0 amide bonds. The van der Waals surface area contributed by atoms with E-state index in [9.17, 15) is 4.79 Å². The van der Waals surface area contributed by atoms with Crippen molar-refractivity contribution in [3.63, 3.8) is 0 Å². The van der Waals surface area contributed by atoms with Crippen molar-refractivity contribution >= 4 is 33.7 Å². The molecule has 0 N–H and O–H groups in total. The highest BCUT2D eigenvalue weighted by Gasteiger charge is 2.06. The van der Waals surface area contributed by atoms with Crippen molar-refractivity contribution in [1.82, 2.24) is 0 Å². The Bertz CT molecular complexity index is 179. The molecule has 0 fully saturated rings. The van der Waals surface area contributed by atoms with E-state index in [-0.39, 0.29) is 5.78 Å². The second-order valence-electron chi connectivity index (χ2n) is 2.30. The number of hydrogen-bond acceptors (Lipinski definition) is 4. The average molecular weight is 189 g/mol. The topological polar surface area (TPSA) is 29.4 Å². The highest BCUT2D eigenvalue weighted by atomic mass is 32.2. The number of ketones is 1. The van der Waals surface area contributed by atoms with Crippen LogP contribution < -0.4 is 0 Å². The van der Waals surface area contributed by atoms with E-state index < -0.39 is 0 Å². The van der Waals surface area contributed by atoms with Gasteiger partial charge in [-0.2, -0.15) is 0 Å². The molecule has 1 aliphatic heterocycles. The molecule has 0 aromatic rings. The Balaban J connectivity index is 2.07. The molecule has 0 radical (unpaired) electrons. The van der Waals surface area contributed by atoms with Gasteiger partial charge >= 0.3 is 0 Å². The third-order valence-corrected chi connectivity index (χ3v) is 3.49. The van der Waals surface area contributed by atoms with Crippen LogP contribution in [0.2, 0.25) is 0 Å². The molecule has 0 aromatic carbocycles. The third kappa shape index (κ3) is 3.82. The minimum absolute atomic E-state index is 0.265. The molecule has 0 saturated carbocycles.